The smallest absolute Gasteiger partial charge is 0.290 e. The molecular weight excluding hydrogens is 322 g/mol. The fraction of sp³-hybridized carbons (Fsp3) is 0. The van der Waals surface area contributed by atoms with Crippen LogP contribution in [0.5, 0.6) is 0 Å². The van der Waals surface area contributed by atoms with Crippen molar-refractivity contribution in [3.05, 3.63) is 59.7 Å². The molecule has 25 heavy (non-hydrogen) atoms. The SMILES string of the molecule is N=CN=C(N)C(=O)Nc1ccc(C(=O)c2ccc(NC=O)cc2)cc1. The second-order valence-corrected chi connectivity index (χ2v) is 4.84. The molecule has 8 heteroatoms. The molecule has 2 aromatic rings. The number of nitrogens with two attached hydrogens (primary N) is 1. The normalized spacial score (nSPS) is 10.6. The van der Waals surface area contributed by atoms with Crippen molar-refractivity contribution in [2.45, 2.75) is 0 Å². The van der Waals surface area contributed by atoms with Crippen molar-refractivity contribution in [1.29, 1.82) is 5.41 Å². The molecule has 0 aliphatic carbocycles. The molecule has 8 nitrogen and oxygen atoms in total. The number of rotatable bonds is 6. The Bertz CT molecular complexity index is 826. The molecule has 2 amide bonds. The highest BCUT2D eigenvalue weighted by molar-refractivity contribution is 6.42. The molecule has 2 aromatic carbocycles. The van der Waals surface area contributed by atoms with Crippen molar-refractivity contribution in [2.75, 3.05) is 10.6 Å². The topological polar surface area (TPSA) is 138 Å². The lowest BCUT2D eigenvalue weighted by Gasteiger charge is -2.06. The van der Waals surface area contributed by atoms with Crippen LogP contribution in [0.25, 0.3) is 0 Å². The van der Waals surface area contributed by atoms with Gasteiger partial charge in [-0.15, -0.1) is 0 Å². The third kappa shape index (κ3) is 4.58. The number of benzene rings is 2. The first-order valence-corrected chi connectivity index (χ1v) is 7.13. The molecule has 0 spiro atoms. The Morgan fingerprint density at radius 1 is 0.960 bits per heavy atom. The standard InChI is InChI=1S/C17H15N5O3/c18-9-20-16(19)17(25)22-14-7-3-12(4-8-14)15(24)11-1-5-13(6-2-11)21-10-23/h1-10H,(H,21,23)(H,22,25)(H3,18,19,20). The zero-order chi connectivity index (χ0) is 18.2. The van der Waals surface area contributed by atoms with E-state index in [4.69, 9.17) is 11.1 Å². The van der Waals surface area contributed by atoms with Crippen LogP contribution in [-0.4, -0.2) is 30.3 Å². The molecule has 0 atom stereocenters. The number of anilines is 2. The van der Waals surface area contributed by atoms with Crippen LogP contribution in [-0.2, 0) is 9.59 Å². The maximum atomic E-state index is 12.4. The van der Waals surface area contributed by atoms with E-state index < -0.39 is 5.91 Å². The Balaban J connectivity index is 2.09. The van der Waals surface area contributed by atoms with E-state index in [1.165, 1.54) is 0 Å². The van der Waals surface area contributed by atoms with Gasteiger partial charge in [-0.1, -0.05) is 0 Å². The number of nitrogens with one attached hydrogen (secondary N) is 3. The molecule has 0 aromatic heterocycles. The summed E-state index contributed by atoms with van der Waals surface area (Å²) >= 11 is 0. The van der Waals surface area contributed by atoms with Crippen molar-refractivity contribution >= 4 is 41.6 Å². The highest BCUT2D eigenvalue weighted by Crippen LogP contribution is 2.16. The summed E-state index contributed by atoms with van der Waals surface area (Å²) in [5.74, 6) is -1.17. The number of carbonyl (C=O) groups is 3. The molecular formula is C17H15N5O3. The summed E-state index contributed by atoms with van der Waals surface area (Å²) < 4.78 is 0. The van der Waals surface area contributed by atoms with Crippen molar-refractivity contribution in [1.82, 2.24) is 0 Å². The summed E-state index contributed by atoms with van der Waals surface area (Å²) in [6, 6.07) is 12.7. The lowest BCUT2D eigenvalue weighted by molar-refractivity contribution is -0.110. The van der Waals surface area contributed by atoms with Crippen LogP contribution in [0.3, 0.4) is 0 Å². The lowest BCUT2D eigenvalue weighted by atomic mass is 10.0. The summed E-state index contributed by atoms with van der Waals surface area (Å²) in [7, 11) is 0. The van der Waals surface area contributed by atoms with Crippen LogP contribution >= 0.6 is 0 Å². The predicted molar refractivity (Wildman–Crippen MR) is 95.0 cm³/mol. The molecule has 0 bridgehead atoms. The zero-order valence-corrected chi connectivity index (χ0v) is 13.0. The minimum absolute atomic E-state index is 0.194. The van der Waals surface area contributed by atoms with Gasteiger partial charge in [0.05, 0.1) is 0 Å². The molecule has 0 aliphatic heterocycles. The van der Waals surface area contributed by atoms with Crippen molar-refractivity contribution in [2.24, 2.45) is 10.7 Å². The third-order valence-corrected chi connectivity index (χ3v) is 3.21. The summed E-state index contributed by atoms with van der Waals surface area (Å²) in [6.45, 7) is 0. The molecule has 2 rings (SSSR count). The lowest BCUT2D eigenvalue weighted by Crippen LogP contribution is -2.30. The van der Waals surface area contributed by atoms with E-state index in [0.717, 1.165) is 0 Å². The van der Waals surface area contributed by atoms with Gasteiger partial charge in [0, 0.05) is 22.5 Å². The average molecular weight is 337 g/mol. The van der Waals surface area contributed by atoms with E-state index in [-0.39, 0.29) is 11.6 Å². The summed E-state index contributed by atoms with van der Waals surface area (Å²) in [5.41, 5.74) is 7.31. The quantitative estimate of drug-likeness (QED) is 0.274. The van der Waals surface area contributed by atoms with Crippen LogP contribution in [0.2, 0.25) is 0 Å². The third-order valence-electron chi connectivity index (χ3n) is 3.21. The Hall–Kier alpha value is -3.81. The predicted octanol–water partition coefficient (Wildman–Crippen LogP) is 1.39. The largest absolute Gasteiger partial charge is 0.379 e. The van der Waals surface area contributed by atoms with Crippen LogP contribution in [0.4, 0.5) is 11.4 Å². The van der Waals surface area contributed by atoms with Gasteiger partial charge < -0.3 is 16.4 Å². The Kier molecular flexibility index (Phi) is 5.72. The van der Waals surface area contributed by atoms with Crippen molar-refractivity contribution < 1.29 is 14.4 Å². The van der Waals surface area contributed by atoms with Crippen LogP contribution in [0.15, 0.2) is 53.5 Å². The number of amides is 2. The fourth-order valence-corrected chi connectivity index (χ4v) is 1.98. The minimum Gasteiger partial charge on any atom is -0.379 e. The van der Waals surface area contributed by atoms with Crippen LogP contribution < -0.4 is 16.4 Å². The van der Waals surface area contributed by atoms with Crippen LogP contribution in [0.1, 0.15) is 15.9 Å². The number of hydrogen-bond donors (Lipinski definition) is 4. The first-order valence-electron chi connectivity index (χ1n) is 7.13. The van der Waals surface area contributed by atoms with Gasteiger partial charge >= 0.3 is 0 Å². The van der Waals surface area contributed by atoms with Gasteiger partial charge in [0.15, 0.2) is 11.6 Å². The van der Waals surface area contributed by atoms with Gasteiger partial charge in [0.1, 0.15) is 6.34 Å². The highest BCUT2D eigenvalue weighted by Gasteiger charge is 2.10. The Morgan fingerprint density at radius 3 is 1.96 bits per heavy atom. The van der Waals surface area contributed by atoms with Crippen molar-refractivity contribution in [3.8, 4) is 0 Å². The second-order valence-electron chi connectivity index (χ2n) is 4.84. The number of amidine groups is 1. The summed E-state index contributed by atoms with van der Waals surface area (Å²) in [5, 5.41) is 11.8. The number of nitrogens with zero attached hydrogens (tertiary/aromatic N) is 1. The molecule has 0 aliphatic rings. The first kappa shape index (κ1) is 17.5. The molecule has 0 heterocycles. The molecule has 0 saturated heterocycles. The summed E-state index contributed by atoms with van der Waals surface area (Å²) in [6.07, 6.45) is 1.23. The van der Waals surface area contributed by atoms with E-state index in [2.05, 4.69) is 15.6 Å². The Morgan fingerprint density at radius 2 is 1.48 bits per heavy atom. The number of ketones is 1. The van der Waals surface area contributed by atoms with Gasteiger partial charge in [-0.3, -0.25) is 19.8 Å². The van der Waals surface area contributed by atoms with Gasteiger partial charge in [0.25, 0.3) is 5.91 Å². The van der Waals surface area contributed by atoms with Gasteiger partial charge in [0.2, 0.25) is 6.41 Å². The van der Waals surface area contributed by atoms with Gasteiger partial charge in [-0.25, -0.2) is 4.99 Å². The molecule has 0 fully saturated rings. The molecule has 0 radical (unpaired) electrons. The van der Waals surface area contributed by atoms with Gasteiger partial charge in [-0.2, -0.15) is 0 Å². The van der Waals surface area contributed by atoms with E-state index in [1.807, 2.05) is 0 Å². The minimum atomic E-state index is -0.638. The fourth-order valence-electron chi connectivity index (χ4n) is 1.98. The maximum absolute atomic E-state index is 12.4. The average Bonchev–Trinajstić information content (AvgIpc) is 2.63. The number of carbonyl (C=O) groups excluding carboxylic acids is 3. The zero-order valence-electron chi connectivity index (χ0n) is 13.0. The van der Waals surface area contributed by atoms with E-state index >= 15 is 0 Å². The molecule has 126 valence electrons. The van der Waals surface area contributed by atoms with Crippen LogP contribution in [0, 0.1) is 5.41 Å². The number of aliphatic imine (C=N–C) groups is 1. The van der Waals surface area contributed by atoms with Gasteiger partial charge in [-0.05, 0) is 48.5 Å². The van der Waals surface area contributed by atoms with E-state index in [1.54, 1.807) is 48.5 Å². The maximum Gasteiger partial charge on any atom is 0.290 e. The monoisotopic (exact) mass is 337 g/mol. The van der Waals surface area contributed by atoms with E-state index in [9.17, 15) is 14.4 Å². The number of hydrogen-bond acceptors (Lipinski definition) is 4. The Labute approximate surface area is 143 Å². The summed E-state index contributed by atoms with van der Waals surface area (Å²) in [4.78, 5) is 37.8. The second kappa shape index (κ2) is 8.16. The molecule has 5 N–H and O–H groups in total. The molecule has 0 saturated carbocycles. The van der Waals surface area contributed by atoms with Crippen molar-refractivity contribution in [3.63, 3.8) is 0 Å². The first-order chi connectivity index (χ1) is 12.0. The molecule has 0 unspecified atom stereocenters. The van der Waals surface area contributed by atoms with E-state index in [0.29, 0.717) is 35.3 Å². The highest BCUT2D eigenvalue weighted by atomic mass is 16.2.